The van der Waals surface area contributed by atoms with Gasteiger partial charge < -0.3 is 19.9 Å². The van der Waals surface area contributed by atoms with Crippen LogP contribution in [0.15, 0.2) is 48.1 Å². The highest BCUT2D eigenvalue weighted by Gasteiger charge is 2.15. The van der Waals surface area contributed by atoms with Crippen LogP contribution in [-0.2, 0) is 17.6 Å². The fourth-order valence-electron chi connectivity index (χ4n) is 3.76. The van der Waals surface area contributed by atoms with E-state index in [4.69, 9.17) is 14.6 Å². The Kier molecular flexibility index (Phi) is 7.22. The highest BCUT2D eigenvalue weighted by molar-refractivity contribution is 7.17. The number of aromatic nitrogens is 2. The van der Waals surface area contributed by atoms with E-state index in [9.17, 15) is 9.18 Å². The normalized spacial score (nSPS) is 10.9. The number of halogens is 1. The summed E-state index contributed by atoms with van der Waals surface area (Å²) in [5.74, 6) is 0.162. The first kappa shape index (κ1) is 23.4. The van der Waals surface area contributed by atoms with Gasteiger partial charge in [0.15, 0.2) is 11.6 Å². The van der Waals surface area contributed by atoms with Gasteiger partial charge in [0.05, 0.1) is 30.5 Å². The lowest BCUT2D eigenvalue weighted by Gasteiger charge is -2.13. The van der Waals surface area contributed by atoms with E-state index in [1.807, 2.05) is 36.6 Å². The fourth-order valence-corrected chi connectivity index (χ4v) is 4.57. The van der Waals surface area contributed by atoms with Crippen LogP contribution >= 0.6 is 11.3 Å². The first-order chi connectivity index (χ1) is 16.5. The second-order valence-electron chi connectivity index (χ2n) is 7.51. The average Bonchev–Trinajstić information content (AvgIpc) is 3.29. The van der Waals surface area contributed by atoms with Crippen molar-refractivity contribution in [2.45, 2.75) is 19.8 Å². The summed E-state index contributed by atoms with van der Waals surface area (Å²) in [7, 11) is 1.48. The molecule has 4 rings (SSSR count). The number of carboxylic acids is 1. The highest BCUT2D eigenvalue weighted by Crippen LogP contribution is 2.34. The lowest BCUT2D eigenvalue weighted by atomic mass is 10.1. The van der Waals surface area contributed by atoms with Gasteiger partial charge >= 0.3 is 5.97 Å². The number of benzene rings is 2. The molecule has 0 saturated carbocycles. The van der Waals surface area contributed by atoms with E-state index < -0.39 is 5.97 Å². The maximum atomic E-state index is 14.7. The van der Waals surface area contributed by atoms with Crippen molar-refractivity contribution in [1.29, 1.82) is 0 Å². The van der Waals surface area contributed by atoms with Crippen LogP contribution in [0.2, 0.25) is 0 Å². The number of carbonyl (C=O) groups is 1. The van der Waals surface area contributed by atoms with Crippen molar-refractivity contribution >= 4 is 33.2 Å². The molecule has 0 bridgehead atoms. The second kappa shape index (κ2) is 10.5. The number of fused-ring (bicyclic) bond motifs is 1. The van der Waals surface area contributed by atoms with Crippen molar-refractivity contribution in [2.75, 3.05) is 25.6 Å². The Morgan fingerprint density at radius 3 is 2.79 bits per heavy atom. The number of anilines is 1. The summed E-state index contributed by atoms with van der Waals surface area (Å²) in [6, 6.07) is 11.0. The van der Waals surface area contributed by atoms with E-state index in [2.05, 4.69) is 15.3 Å². The van der Waals surface area contributed by atoms with Crippen molar-refractivity contribution in [2.24, 2.45) is 0 Å². The highest BCUT2D eigenvalue weighted by atomic mass is 32.1. The van der Waals surface area contributed by atoms with Crippen LogP contribution in [-0.4, -0.2) is 41.3 Å². The second-order valence-corrected chi connectivity index (χ2v) is 8.43. The van der Waals surface area contributed by atoms with Crippen LogP contribution in [0.1, 0.15) is 18.1 Å². The topological polar surface area (TPSA) is 93.6 Å². The number of nitrogens with zero attached hydrogens (tertiary/aromatic N) is 2. The lowest BCUT2D eigenvalue weighted by Crippen LogP contribution is -2.08. The van der Waals surface area contributed by atoms with Crippen LogP contribution in [0, 0.1) is 5.82 Å². The average molecular weight is 482 g/mol. The molecule has 9 heteroatoms. The Hall–Kier alpha value is -3.72. The Labute approximate surface area is 200 Å². The number of hydrogen-bond acceptors (Lipinski definition) is 7. The van der Waals surface area contributed by atoms with Crippen molar-refractivity contribution in [3.8, 4) is 22.8 Å². The molecule has 0 fully saturated rings. The van der Waals surface area contributed by atoms with Gasteiger partial charge in [0, 0.05) is 23.7 Å². The van der Waals surface area contributed by atoms with Gasteiger partial charge in [-0.2, -0.15) is 0 Å². The maximum Gasteiger partial charge on any atom is 0.307 e. The van der Waals surface area contributed by atoms with E-state index in [-0.39, 0.29) is 18.0 Å². The molecular formula is C25H24FN3O4S. The van der Waals surface area contributed by atoms with E-state index in [1.165, 1.54) is 24.8 Å². The largest absolute Gasteiger partial charge is 0.494 e. The Morgan fingerprint density at radius 1 is 1.18 bits per heavy atom. The molecule has 0 atom stereocenters. The number of hydrogen-bond donors (Lipinski definition) is 2. The molecule has 0 amide bonds. The summed E-state index contributed by atoms with van der Waals surface area (Å²) in [5.41, 5.74) is 2.84. The van der Waals surface area contributed by atoms with Crippen LogP contribution in [0.5, 0.6) is 11.5 Å². The van der Waals surface area contributed by atoms with E-state index in [1.54, 1.807) is 12.1 Å². The zero-order valence-corrected chi connectivity index (χ0v) is 19.6. The predicted octanol–water partition coefficient (Wildman–Crippen LogP) is 5.19. The van der Waals surface area contributed by atoms with Crippen molar-refractivity contribution in [1.82, 2.24) is 9.97 Å². The van der Waals surface area contributed by atoms with Crippen LogP contribution in [0.4, 0.5) is 10.2 Å². The summed E-state index contributed by atoms with van der Waals surface area (Å²) in [6.07, 6.45) is 1.89. The molecule has 2 heterocycles. The minimum absolute atomic E-state index is 0.118. The number of nitrogens with one attached hydrogen (secondary N) is 1. The summed E-state index contributed by atoms with van der Waals surface area (Å²) in [5, 5.41) is 15.1. The maximum absolute atomic E-state index is 14.7. The molecule has 34 heavy (non-hydrogen) atoms. The zero-order chi connectivity index (χ0) is 24.1. The number of methoxy groups -OCH3 is 1. The first-order valence-corrected chi connectivity index (χ1v) is 11.6. The van der Waals surface area contributed by atoms with Gasteiger partial charge in [-0.3, -0.25) is 4.79 Å². The molecule has 0 aliphatic carbocycles. The van der Waals surface area contributed by atoms with Gasteiger partial charge in [-0.05, 0) is 47.9 Å². The molecule has 176 valence electrons. The van der Waals surface area contributed by atoms with Gasteiger partial charge in [0.1, 0.15) is 17.9 Å². The number of rotatable bonds is 10. The summed E-state index contributed by atoms with van der Waals surface area (Å²) in [6.45, 7) is 2.79. The zero-order valence-electron chi connectivity index (χ0n) is 18.8. The minimum atomic E-state index is -0.920. The molecule has 0 unspecified atom stereocenters. The number of ether oxygens (including phenoxy) is 2. The van der Waals surface area contributed by atoms with Crippen molar-refractivity contribution in [3.63, 3.8) is 0 Å². The molecular weight excluding hydrogens is 457 g/mol. The van der Waals surface area contributed by atoms with Crippen LogP contribution < -0.4 is 14.8 Å². The molecule has 0 aliphatic rings. The van der Waals surface area contributed by atoms with E-state index in [0.29, 0.717) is 47.1 Å². The monoisotopic (exact) mass is 481 g/mol. The summed E-state index contributed by atoms with van der Waals surface area (Å²) >= 11 is 1.35. The molecule has 4 aromatic rings. The third kappa shape index (κ3) is 5.09. The quantitative estimate of drug-likeness (QED) is 0.322. The SMILES string of the molecule is CCOc1cc(-c2cc(NCCc3cc4ccsc4c(F)c3OC)ncn2)ccc1CC(=O)O. The van der Waals surface area contributed by atoms with Gasteiger partial charge in [-0.15, -0.1) is 11.3 Å². The molecule has 0 aliphatic heterocycles. The molecule has 0 saturated heterocycles. The molecule has 2 N–H and O–H groups in total. The minimum Gasteiger partial charge on any atom is -0.494 e. The van der Waals surface area contributed by atoms with Gasteiger partial charge in [-0.1, -0.05) is 12.1 Å². The molecule has 0 spiro atoms. The summed E-state index contributed by atoms with van der Waals surface area (Å²) < 4.78 is 26.3. The standard InChI is InChI=1S/C25H24FN3O4S/c1-3-33-20-11-15(4-5-16(20)12-22(30)31)19-13-21(29-14-28-19)27-8-6-17-10-18-7-9-34-25(18)23(26)24(17)32-2/h4-5,7,9-11,13-14H,3,6,8,12H2,1-2H3,(H,30,31)(H,27,28,29). The molecule has 2 aromatic heterocycles. The van der Waals surface area contributed by atoms with Crippen molar-refractivity contribution < 1.29 is 23.8 Å². The van der Waals surface area contributed by atoms with E-state index in [0.717, 1.165) is 16.5 Å². The third-order valence-corrected chi connectivity index (χ3v) is 6.21. The predicted molar refractivity (Wildman–Crippen MR) is 131 cm³/mol. The third-order valence-electron chi connectivity index (χ3n) is 5.29. The van der Waals surface area contributed by atoms with E-state index >= 15 is 0 Å². The smallest absolute Gasteiger partial charge is 0.307 e. The van der Waals surface area contributed by atoms with Crippen molar-refractivity contribution in [3.05, 3.63) is 65.0 Å². The Morgan fingerprint density at radius 2 is 2.03 bits per heavy atom. The number of aliphatic carboxylic acids is 1. The fraction of sp³-hybridized carbons (Fsp3) is 0.240. The van der Waals surface area contributed by atoms with Gasteiger partial charge in [0.2, 0.25) is 0 Å². The van der Waals surface area contributed by atoms with Gasteiger partial charge in [0.25, 0.3) is 0 Å². The molecule has 7 nitrogen and oxygen atoms in total. The van der Waals surface area contributed by atoms with Crippen LogP contribution in [0.3, 0.4) is 0 Å². The molecule has 2 aromatic carbocycles. The van der Waals surface area contributed by atoms with Crippen LogP contribution in [0.25, 0.3) is 21.3 Å². The van der Waals surface area contributed by atoms with Gasteiger partial charge in [-0.25, -0.2) is 14.4 Å². The Bertz CT molecular complexity index is 1330. The number of thiophene rings is 1. The summed E-state index contributed by atoms with van der Waals surface area (Å²) in [4.78, 5) is 19.7. The molecule has 0 radical (unpaired) electrons. The number of carboxylic acid groups (broad SMARTS) is 1. The first-order valence-electron chi connectivity index (χ1n) is 10.8. The Balaban J connectivity index is 1.50. The lowest BCUT2D eigenvalue weighted by molar-refractivity contribution is -0.136.